The summed E-state index contributed by atoms with van der Waals surface area (Å²) in [5, 5.41) is 4.18. The van der Waals surface area contributed by atoms with Crippen molar-refractivity contribution in [3.63, 3.8) is 0 Å². The molecule has 5 aromatic rings. The summed E-state index contributed by atoms with van der Waals surface area (Å²) < 4.78 is 21.9. The van der Waals surface area contributed by atoms with Gasteiger partial charge in [0.2, 0.25) is 5.91 Å². The Balaban J connectivity index is 1.48. The summed E-state index contributed by atoms with van der Waals surface area (Å²) in [7, 11) is 3.98. The van der Waals surface area contributed by atoms with Crippen LogP contribution in [0.2, 0.25) is 0 Å². The van der Waals surface area contributed by atoms with Crippen molar-refractivity contribution < 1.29 is 13.9 Å². The monoisotopic (exact) mass is 549 g/mol. The molecule has 1 atom stereocenters. The minimum Gasteiger partial charge on any atom is -0.489 e. The maximum Gasteiger partial charge on any atom is 0.220 e. The molecule has 0 saturated heterocycles. The molecule has 0 fully saturated rings. The van der Waals surface area contributed by atoms with E-state index in [9.17, 15) is 9.18 Å². The van der Waals surface area contributed by atoms with E-state index in [1.165, 1.54) is 12.1 Å². The molecule has 4 aromatic carbocycles. The zero-order chi connectivity index (χ0) is 28.6. The lowest BCUT2D eigenvalue weighted by Gasteiger charge is -2.19. The normalized spacial score (nSPS) is 12.0. The van der Waals surface area contributed by atoms with Crippen molar-refractivity contribution >= 4 is 16.8 Å². The van der Waals surface area contributed by atoms with Gasteiger partial charge in [-0.3, -0.25) is 4.79 Å². The van der Waals surface area contributed by atoms with Crippen molar-refractivity contribution in [1.82, 2.24) is 14.8 Å². The van der Waals surface area contributed by atoms with Gasteiger partial charge in [0.15, 0.2) is 0 Å². The first-order valence-electron chi connectivity index (χ1n) is 14.0. The van der Waals surface area contributed by atoms with Crippen LogP contribution in [0.3, 0.4) is 0 Å². The largest absolute Gasteiger partial charge is 0.489 e. The second-order valence-corrected chi connectivity index (χ2v) is 10.6. The molecule has 0 spiro atoms. The van der Waals surface area contributed by atoms with E-state index in [1.807, 2.05) is 91.8 Å². The number of fused-ring (bicyclic) bond motifs is 1. The fraction of sp³-hybridized carbons (Fsp3) is 0.229. The first-order valence-corrected chi connectivity index (χ1v) is 14.0. The van der Waals surface area contributed by atoms with Gasteiger partial charge in [-0.2, -0.15) is 0 Å². The van der Waals surface area contributed by atoms with Crippen molar-refractivity contribution in [3.05, 3.63) is 137 Å². The number of carbonyl (C=O) groups is 1. The number of nitrogens with zero attached hydrogens (tertiary/aromatic N) is 2. The molecular formula is C35H36FN3O2. The molecule has 6 heteroatoms. The molecule has 1 amide bonds. The van der Waals surface area contributed by atoms with Crippen LogP contribution in [-0.4, -0.2) is 42.6 Å². The highest BCUT2D eigenvalue weighted by molar-refractivity contribution is 5.87. The second-order valence-electron chi connectivity index (χ2n) is 10.6. The Hall–Kier alpha value is -4.42. The number of benzene rings is 4. The lowest BCUT2D eigenvalue weighted by Crippen LogP contribution is -2.32. The second kappa shape index (κ2) is 13.3. The molecule has 0 radical (unpaired) electrons. The Morgan fingerprint density at radius 1 is 0.902 bits per heavy atom. The summed E-state index contributed by atoms with van der Waals surface area (Å²) in [6.07, 6.45) is 2.45. The van der Waals surface area contributed by atoms with Crippen molar-refractivity contribution in [2.45, 2.75) is 25.5 Å². The lowest BCUT2D eigenvalue weighted by atomic mass is 9.88. The van der Waals surface area contributed by atoms with Crippen molar-refractivity contribution in [2.75, 3.05) is 27.2 Å². The van der Waals surface area contributed by atoms with Gasteiger partial charge in [0.05, 0.1) is 0 Å². The highest BCUT2D eigenvalue weighted by atomic mass is 19.1. The van der Waals surface area contributed by atoms with Crippen molar-refractivity contribution in [3.8, 4) is 5.75 Å². The van der Waals surface area contributed by atoms with Gasteiger partial charge in [-0.15, -0.1) is 0 Å². The Morgan fingerprint density at radius 3 is 2.44 bits per heavy atom. The Bertz CT molecular complexity index is 1580. The van der Waals surface area contributed by atoms with Gasteiger partial charge in [0.1, 0.15) is 18.2 Å². The SMILES string of the molecule is CN(C)CCNC(=O)CC(c1cccc(OCc2ccccc2)c1)c1cn(Cc2ccc(F)cc2)c2ccccc12. The summed E-state index contributed by atoms with van der Waals surface area (Å²) in [5.41, 5.74) is 5.27. The maximum atomic E-state index is 13.6. The molecule has 1 N–H and O–H groups in total. The Kier molecular flexibility index (Phi) is 9.12. The fourth-order valence-electron chi connectivity index (χ4n) is 5.12. The smallest absolute Gasteiger partial charge is 0.220 e. The van der Waals surface area contributed by atoms with Gasteiger partial charge >= 0.3 is 0 Å². The van der Waals surface area contributed by atoms with Crippen LogP contribution in [0, 0.1) is 5.82 Å². The molecule has 0 saturated carbocycles. The Morgan fingerprint density at radius 2 is 1.66 bits per heavy atom. The number of para-hydroxylation sites is 1. The molecule has 5 nitrogen and oxygen atoms in total. The van der Waals surface area contributed by atoms with E-state index in [0.717, 1.165) is 45.5 Å². The summed E-state index contributed by atoms with van der Waals surface area (Å²) in [6, 6.07) is 33.0. The molecule has 0 bridgehead atoms. The molecule has 210 valence electrons. The van der Waals surface area contributed by atoms with Crippen LogP contribution in [-0.2, 0) is 17.9 Å². The molecular weight excluding hydrogens is 513 g/mol. The first-order chi connectivity index (χ1) is 20.0. The molecule has 5 rings (SSSR count). The third kappa shape index (κ3) is 7.41. The summed E-state index contributed by atoms with van der Waals surface area (Å²) in [4.78, 5) is 15.3. The van der Waals surface area contributed by atoms with Gasteiger partial charge in [0, 0.05) is 49.1 Å². The molecule has 0 aliphatic carbocycles. The van der Waals surface area contributed by atoms with E-state index in [-0.39, 0.29) is 17.6 Å². The fourth-order valence-corrected chi connectivity index (χ4v) is 5.12. The molecule has 0 aliphatic rings. The molecule has 1 aromatic heterocycles. The molecule has 1 heterocycles. The number of carbonyl (C=O) groups excluding carboxylic acids is 1. The Labute approximate surface area is 241 Å². The highest BCUT2D eigenvalue weighted by Crippen LogP contribution is 2.36. The van der Waals surface area contributed by atoms with E-state index in [2.05, 4.69) is 34.3 Å². The van der Waals surface area contributed by atoms with E-state index in [1.54, 1.807) is 0 Å². The lowest BCUT2D eigenvalue weighted by molar-refractivity contribution is -0.121. The van der Waals surface area contributed by atoms with Crippen LogP contribution in [0.5, 0.6) is 5.75 Å². The summed E-state index contributed by atoms with van der Waals surface area (Å²) >= 11 is 0. The number of hydrogen-bond acceptors (Lipinski definition) is 3. The van der Waals surface area contributed by atoms with Gasteiger partial charge in [-0.05, 0) is 66.7 Å². The number of halogens is 1. The molecule has 41 heavy (non-hydrogen) atoms. The number of aromatic nitrogens is 1. The van der Waals surface area contributed by atoms with Crippen LogP contribution in [0.15, 0.2) is 109 Å². The zero-order valence-corrected chi connectivity index (χ0v) is 23.6. The average molecular weight is 550 g/mol. The standard InChI is InChI=1S/C35H36FN3O2/c1-38(2)20-19-37-35(40)22-32(28-11-8-12-30(21-28)41-25-27-9-4-3-5-10-27)33-24-39(34-14-7-6-13-31(33)34)23-26-15-17-29(36)18-16-26/h3-18,21,24,32H,19-20,22-23,25H2,1-2H3,(H,37,40). The average Bonchev–Trinajstić information content (AvgIpc) is 3.34. The quantitative estimate of drug-likeness (QED) is 0.191. The molecule has 0 aliphatic heterocycles. The van der Waals surface area contributed by atoms with E-state index < -0.39 is 0 Å². The van der Waals surface area contributed by atoms with Crippen molar-refractivity contribution in [1.29, 1.82) is 0 Å². The maximum absolute atomic E-state index is 13.6. The van der Waals surface area contributed by atoms with E-state index in [0.29, 0.717) is 26.1 Å². The first kappa shape index (κ1) is 28.1. The zero-order valence-electron chi connectivity index (χ0n) is 23.6. The van der Waals surface area contributed by atoms with Crippen LogP contribution >= 0.6 is 0 Å². The van der Waals surface area contributed by atoms with Gasteiger partial charge < -0.3 is 19.5 Å². The minimum atomic E-state index is -0.249. The predicted octanol–water partition coefficient (Wildman–Crippen LogP) is 6.61. The van der Waals surface area contributed by atoms with E-state index >= 15 is 0 Å². The number of hydrogen-bond donors (Lipinski definition) is 1. The topological polar surface area (TPSA) is 46.5 Å². The number of nitrogens with one attached hydrogen (secondary N) is 1. The number of ether oxygens (including phenoxy) is 1. The van der Waals surface area contributed by atoms with Crippen LogP contribution < -0.4 is 10.1 Å². The van der Waals surface area contributed by atoms with Gasteiger partial charge in [0.25, 0.3) is 0 Å². The molecule has 1 unspecified atom stereocenters. The van der Waals surface area contributed by atoms with Crippen LogP contribution in [0.25, 0.3) is 10.9 Å². The minimum absolute atomic E-state index is 0.00261. The van der Waals surface area contributed by atoms with Gasteiger partial charge in [-0.1, -0.05) is 72.8 Å². The third-order valence-electron chi connectivity index (χ3n) is 7.24. The van der Waals surface area contributed by atoms with Crippen LogP contribution in [0.1, 0.15) is 34.6 Å². The van der Waals surface area contributed by atoms with Crippen molar-refractivity contribution in [2.24, 2.45) is 0 Å². The highest BCUT2D eigenvalue weighted by Gasteiger charge is 2.23. The summed E-state index contributed by atoms with van der Waals surface area (Å²) in [5.74, 6) is 0.331. The van der Waals surface area contributed by atoms with Gasteiger partial charge in [-0.25, -0.2) is 4.39 Å². The number of likely N-dealkylation sites (N-methyl/N-ethyl adjacent to an activating group) is 1. The number of amides is 1. The van der Waals surface area contributed by atoms with Crippen LogP contribution in [0.4, 0.5) is 4.39 Å². The predicted molar refractivity (Wildman–Crippen MR) is 163 cm³/mol. The number of rotatable bonds is 12. The third-order valence-corrected chi connectivity index (χ3v) is 7.24. The van der Waals surface area contributed by atoms with E-state index in [4.69, 9.17) is 4.74 Å². The summed E-state index contributed by atoms with van der Waals surface area (Å²) in [6.45, 7) is 2.43.